The van der Waals surface area contributed by atoms with Crippen LogP contribution in [0.15, 0.2) is 30.0 Å². The number of amides is 2. The summed E-state index contributed by atoms with van der Waals surface area (Å²) in [6.45, 7) is 5.21. The van der Waals surface area contributed by atoms with E-state index in [2.05, 4.69) is 0 Å². The Hall–Kier alpha value is -2.17. The predicted molar refractivity (Wildman–Crippen MR) is 81.1 cm³/mol. The van der Waals surface area contributed by atoms with Crippen LogP contribution < -0.4 is 0 Å². The van der Waals surface area contributed by atoms with E-state index in [0.29, 0.717) is 16.8 Å². The lowest BCUT2D eigenvalue weighted by Gasteiger charge is -2.22. The number of hydrogen-bond donors (Lipinski definition) is 0. The first-order valence-electron chi connectivity index (χ1n) is 7.63. The van der Waals surface area contributed by atoms with Crippen molar-refractivity contribution in [1.82, 2.24) is 9.80 Å². The number of imide groups is 1. The molecular formula is C17H19FN2O2. The van der Waals surface area contributed by atoms with Gasteiger partial charge in [-0.05, 0) is 44.4 Å². The Morgan fingerprint density at radius 1 is 1.00 bits per heavy atom. The van der Waals surface area contributed by atoms with Gasteiger partial charge in [0.25, 0.3) is 11.8 Å². The van der Waals surface area contributed by atoms with Crippen molar-refractivity contribution in [3.05, 3.63) is 41.3 Å². The lowest BCUT2D eigenvalue weighted by molar-refractivity contribution is -0.139. The molecule has 0 radical (unpaired) electrons. The van der Waals surface area contributed by atoms with Gasteiger partial charge in [0.15, 0.2) is 0 Å². The lowest BCUT2D eigenvalue weighted by atomic mass is 10.0. The van der Waals surface area contributed by atoms with Crippen molar-refractivity contribution in [3.63, 3.8) is 0 Å². The molecule has 2 amide bonds. The van der Waals surface area contributed by atoms with Gasteiger partial charge in [-0.25, -0.2) is 4.39 Å². The molecule has 1 fully saturated rings. The van der Waals surface area contributed by atoms with E-state index in [4.69, 9.17) is 0 Å². The molecule has 0 saturated carbocycles. The van der Waals surface area contributed by atoms with E-state index in [0.717, 1.165) is 25.9 Å². The first-order chi connectivity index (χ1) is 10.5. The van der Waals surface area contributed by atoms with Crippen molar-refractivity contribution in [2.75, 3.05) is 13.1 Å². The molecule has 0 aromatic heterocycles. The molecule has 5 heteroatoms. The first kappa shape index (κ1) is 14.8. The molecule has 2 aliphatic rings. The van der Waals surface area contributed by atoms with E-state index in [1.807, 2.05) is 18.7 Å². The van der Waals surface area contributed by atoms with Crippen molar-refractivity contribution in [2.24, 2.45) is 0 Å². The van der Waals surface area contributed by atoms with Gasteiger partial charge < -0.3 is 4.90 Å². The molecule has 0 N–H and O–H groups in total. The second-order valence-electron chi connectivity index (χ2n) is 6.00. The fourth-order valence-electron chi connectivity index (χ4n) is 3.11. The summed E-state index contributed by atoms with van der Waals surface area (Å²) in [5, 5.41) is 0. The maximum Gasteiger partial charge on any atom is 0.278 e. The first-order valence-corrected chi connectivity index (χ1v) is 7.63. The van der Waals surface area contributed by atoms with Crippen molar-refractivity contribution in [3.8, 4) is 0 Å². The molecule has 2 aliphatic heterocycles. The molecule has 0 aliphatic carbocycles. The fraction of sp³-hybridized carbons (Fsp3) is 0.412. The van der Waals surface area contributed by atoms with Crippen LogP contribution in [-0.4, -0.2) is 40.7 Å². The summed E-state index contributed by atoms with van der Waals surface area (Å²) in [7, 11) is 0. The molecule has 0 bridgehead atoms. The van der Waals surface area contributed by atoms with Crippen LogP contribution in [-0.2, 0) is 9.59 Å². The zero-order chi connectivity index (χ0) is 15.9. The Kier molecular flexibility index (Phi) is 3.72. The maximum atomic E-state index is 13.2. The molecule has 1 saturated heterocycles. The Morgan fingerprint density at radius 2 is 1.59 bits per heavy atom. The van der Waals surface area contributed by atoms with Crippen LogP contribution >= 0.6 is 0 Å². The van der Waals surface area contributed by atoms with Gasteiger partial charge in [-0.3, -0.25) is 14.5 Å². The van der Waals surface area contributed by atoms with E-state index < -0.39 is 0 Å². The minimum Gasteiger partial charge on any atom is -0.366 e. The number of carbonyl (C=O) groups is 2. The predicted octanol–water partition coefficient (Wildman–Crippen LogP) is 2.41. The third-order valence-electron chi connectivity index (χ3n) is 4.16. The minimum absolute atomic E-state index is 0.199. The molecule has 0 unspecified atom stereocenters. The lowest BCUT2D eigenvalue weighted by Crippen LogP contribution is -2.39. The molecule has 0 spiro atoms. The number of benzene rings is 1. The van der Waals surface area contributed by atoms with E-state index in [1.165, 1.54) is 17.0 Å². The summed E-state index contributed by atoms with van der Waals surface area (Å²) < 4.78 is 13.2. The molecular weight excluding hydrogens is 283 g/mol. The second-order valence-corrected chi connectivity index (χ2v) is 6.00. The van der Waals surface area contributed by atoms with Crippen LogP contribution in [0.2, 0.25) is 0 Å². The third-order valence-corrected chi connectivity index (χ3v) is 4.16. The van der Waals surface area contributed by atoms with Crippen LogP contribution in [0.1, 0.15) is 32.3 Å². The van der Waals surface area contributed by atoms with Gasteiger partial charge in [-0.15, -0.1) is 0 Å². The molecule has 2 heterocycles. The summed E-state index contributed by atoms with van der Waals surface area (Å²) in [4.78, 5) is 28.7. The summed E-state index contributed by atoms with van der Waals surface area (Å²) in [5.74, 6) is -0.876. The van der Waals surface area contributed by atoms with Crippen molar-refractivity contribution in [2.45, 2.75) is 32.7 Å². The van der Waals surface area contributed by atoms with Crippen LogP contribution in [0, 0.1) is 5.82 Å². The SMILES string of the molecule is CC(C)N1C(=O)C(c2ccc(F)cc2)=C(N2CCCC2)C1=O. The standard InChI is InChI=1S/C17H19FN2O2/c1-11(2)20-16(21)14(12-5-7-13(18)8-6-12)15(17(20)22)19-9-3-4-10-19/h5-8,11H,3-4,9-10H2,1-2H3. The van der Waals surface area contributed by atoms with E-state index in [-0.39, 0.29) is 23.7 Å². The smallest absolute Gasteiger partial charge is 0.278 e. The number of halogens is 1. The van der Waals surface area contributed by atoms with Crippen LogP contribution in [0.4, 0.5) is 4.39 Å². The van der Waals surface area contributed by atoms with E-state index in [9.17, 15) is 14.0 Å². The zero-order valence-electron chi connectivity index (χ0n) is 12.8. The van der Waals surface area contributed by atoms with Crippen LogP contribution in [0.3, 0.4) is 0 Å². The van der Waals surface area contributed by atoms with Gasteiger partial charge in [0.2, 0.25) is 0 Å². The third kappa shape index (κ3) is 2.30. The molecule has 116 valence electrons. The number of likely N-dealkylation sites (tertiary alicyclic amines) is 1. The Morgan fingerprint density at radius 3 is 2.14 bits per heavy atom. The quantitative estimate of drug-likeness (QED) is 0.805. The highest BCUT2D eigenvalue weighted by Crippen LogP contribution is 2.34. The van der Waals surface area contributed by atoms with Crippen LogP contribution in [0.25, 0.3) is 5.57 Å². The fourth-order valence-corrected chi connectivity index (χ4v) is 3.11. The topological polar surface area (TPSA) is 40.6 Å². The van der Waals surface area contributed by atoms with Gasteiger partial charge in [-0.2, -0.15) is 0 Å². The zero-order valence-corrected chi connectivity index (χ0v) is 12.8. The largest absolute Gasteiger partial charge is 0.366 e. The van der Waals surface area contributed by atoms with E-state index >= 15 is 0 Å². The molecule has 3 rings (SSSR count). The van der Waals surface area contributed by atoms with Gasteiger partial charge in [-0.1, -0.05) is 12.1 Å². The van der Waals surface area contributed by atoms with E-state index in [1.54, 1.807) is 12.1 Å². The summed E-state index contributed by atoms with van der Waals surface area (Å²) in [6, 6.07) is 5.57. The Bertz CT molecular complexity index is 643. The summed E-state index contributed by atoms with van der Waals surface area (Å²) in [6.07, 6.45) is 2.03. The van der Waals surface area contributed by atoms with Crippen LogP contribution in [0.5, 0.6) is 0 Å². The minimum atomic E-state index is -0.357. The van der Waals surface area contributed by atoms with Gasteiger partial charge in [0.05, 0.1) is 5.57 Å². The summed E-state index contributed by atoms with van der Waals surface area (Å²) in [5.41, 5.74) is 1.48. The van der Waals surface area contributed by atoms with Gasteiger partial charge >= 0.3 is 0 Å². The number of nitrogens with zero attached hydrogens (tertiary/aromatic N) is 2. The number of carbonyl (C=O) groups excluding carboxylic acids is 2. The number of hydrogen-bond acceptors (Lipinski definition) is 3. The Labute approximate surface area is 129 Å². The molecule has 1 aromatic carbocycles. The van der Waals surface area contributed by atoms with Crippen molar-refractivity contribution in [1.29, 1.82) is 0 Å². The monoisotopic (exact) mass is 302 g/mol. The maximum absolute atomic E-state index is 13.2. The normalized spacial score (nSPS) is 19.1. The highest BCUT2D eigenvalue weighted by molar-refractivity contribution is 6.35. The average molecular weight is 302 g/mol. The molecule has 1 aromatic rings. The number of rotatable bonds is 3. The second kappa shape index (κ2) is 5.55. The molecule has 22 heavy (non-hydrogen) atoms. The van der Waals surface area contributed by atoms with Gasteiger partial charge in [0, 0.05) is 19.1 Å². The Balaban J connectivity index is 2.11. The summed E-state index contributed by atoms with van der Waals surface area (Å²) >= 11 is 0. The molecule has 4 nitrogen and oxygen atoms in total. The average Bonchev–Trinajstić information content (AvgIpc) is 3.06. The van der Waals surface area contributed by atoms with Crippen molar-refractivity contribution >= 4 is 17.4 Å². The molecule has 0 atom stereocenters. The van der Waals surface area contributed by atoms with Gasteiger partial charge in [0.1, 0.15) is 11.5 Å². The highest BCUT2D eigenvalue weighted by atomic mass is 19.1. The van der Waals surface area contributed by atoms with Crippen molar-refractivity contribution < 1.29 is 14.0 Å². The highest BCUT2D eigenvalue weighted by Gasteiger charge is 2.43.